The SMILES string of the molecule is CCCCOc1ccc(C(=O)N[C@@H](C(=O)OC)[C@H](C)O)cc1. The van der Waals surface area contributed by atoms with Crippen molar-refractivity contribution in [3.05, 3.63) is 29.8 Å². The van der Waals surface area contributed by atoms with E-state index in [1.807, 2.05) is 0 Å². The summed E-state index contributed by atoms with van der Waals surface area (Å²) in [6.45, 7) is 4.12. The number of hydrogen-bond donors (Lipinski definition) is 2. The second kappa shape index (κ2) is 9.04. The van der Waals surface area contributed by atoms with E-state index < -0.39 is 24.0 Å². The van der Waals surface area contributed by atoms with Gasteiger partial charge in [0.1, 0.15) is 5.75 Å². The molecule has 0 aliphatic rings. The van der Waals surface area contributed by atoms with Crippen LogP contribution in [0.25, 0.3) is 0 Å². The largest absolute Gasteiger partial charge is 0.494 e. The van der Waals surface area contributed by atoms with Gasteiger partial charge in [-0.25, -0.2) is 4.79 Å². The van der Waals surface area contributed by atoms with Crippen molar-refractivity contribution in [2.24, 2.45) is 0 Å². The van der Waals surface area contributed by atoms with Crippen LogP contribution < -0.4 is 10.1 Å². The van der Waals surface area contributed by atoms with Crippen LogP contribution in [0.15, 0.2) is 24.3 Å². The summed E-state index contributed by atoms with van der Waals surface area (Å²) in [5, 5.41) is 12.0. The Morgan fingerprint density at radius 1 is 1.27 bits per heavy atom. The number of rotatable bonds is 8. The van der Waals surface area contributed by atoms with Crippen LogP contribution in [-0.2, 0) is 9.53 Å². The van der Waals surface area contributed by atoms with E-state index in [0.29, 0.717) is 17.9 Å². The number of nitrogens with one attached hydrogen (secondary N) is 1. The summed E-state index contributed by atoms with van der Waals surface area (Å²) >= 11 is 0. The summed E-state index contributed by atoms with van der Waals surface area (Å²) in [4.78, 5) is 23.6. The first-order valence-electron chi connectivity index (χ1n) is 7.29. The lowest BCUT2D eigenvalue weighted by Gasteiger charge is -2.19. The van der Waals surface area contributed by atoms with E-state index in [-0.39, 0.29) is 0 Å². The number of aliphatic hydroxyl groups is 1. The zero-order valence-electron chi connectivity index (χ0n) is 13.2. The van der Waals surface area contributed by atoms with Crippen LogP contribution in [0.4, 0.5) is 0 Å². The number of aliphatic hydroxyl groups excluding tert-OH is 1. The number of benzene rings is 1. The molecule has 1 rings (SSSR count). The molecule has 122 valence electrons. The van der Waals surface area contributed by atoms with Crippen molar-refractivity contribution in [2.75, 3.05) is 13.7 Å². The predicted octanol–water partition coefficient (Wildman–Crippen LogP) is 1.52. The third-order valence-corrected chi connectivity index (χ3v) is 3.11. The van der Waals surface area contributed by atoms with Crippen molar-refractivity contribution in [2.45, 2.75) is 38.8 Å². The van der Waals surface area contributed by atoms with Crippen LogP contribution in [0, 0.1) is 0 Å². The molecule has 6 heteroatoms. The van der Waals surface area contributed by atoms with E-state index in [1.165, 1.54) is 14.0 Å². The first kappa shape index (κ1) is 18.0. The maximum absolute atomic E-state index is 12.1. The fourth-order valence-electron chi connectivity index (χ4n) is 1.76. The maximum Gasteiger partial charge on any atom is 0.331 e. The Morgan fingerprint density at radius 2 is 1.91 bits per heavy atom. The fourth-order valence-corrected chi connectivity index (χ4v) is 1.76. The Morgan fingerprint density at radius 3 is 2.41 bits per heavy atom. The number of amides is 1. The van der Waals surface area contributed by atoms with Gasteiger partial charge in [0.25, 0.3) is 5.91 Å². The van der Waals surface area contributed by atoms with Gasteiger partial charge in [-0.1, -0.05) is 13.3 Å². The van der Waals surface area contributed by atoms with Gasteiger partial charge in [0, 0.05) is 5.56 Å². The quantitative estimate of drug-likeness (QED) is 0.562. The molecule has 0 spiro atoms. The molecule has 0 aliphatic carbocycles. The van der Waals surface area contributed by atoms with Gasteiger partial charge in [0.2, 0.25) is 0 Å². The van der Waals surface area contributed by atoms with Crippen LogP contribution >= 0.6 is 0 Å². The number of unbranched alkanes of at least 4 members (excludes halogenated alkanes) is 1. The molecule has 1 aromatic carbocycles. The normalized spacial score (nSPS) is 13.1. The van der Waals surface area contributed by atoms with Gasteiger partial charge in [-0.2, -0.15) is 0 Å². The highest BCUT2D eigenvalue weighted by Crippen LogP contribution is 2.13. The Hall–Kier alpha value is -2.08. The van der Waals surface area contributed by atoms with Crippen LogP contribution in [0.2, 0.25) is 0 Å². The molecule has 0 fully saturated rings. The minimum atomic E-state index is -1.10. The molecule has 0 saturated carbocycles. The summed E-state index contributed by atoms with van der Waals surface area (Å²) in [5.41, 5.74) is 0.373. The highest BCUT2D eigenvalue weighted by molar-refractivity contribution is 5.97. The summed E-state index contributed by atoms with van der Waals surface area (Å²) in [6.07, 6.45) is 0.972. The fraction of sp³-hybridized carbons (Fsp3) is 0.500. The van der Waals surface area contributed by atoms with Gasteiger partial charge in [0.15, 0.2) is 6.04 Å². The second-order valence-corrected chi connectivity index (χ2v) is 4.94. The average molecular weight is 309 g/mol. The van der Waals surface area contributed by atoms with Crippen LogP contribution in [0.1, 0.15) is 37.0 Å². The van der Waals surface area contributed by atoms with Gasteiger partial charge >= 0.3 is 5.97 Å². The Labute approximate surface area is 130 Å². The molecular weight excluding hydrogens is 286 g/mol. The predicted molar refractivity (Wildman–Crippen MR) is 81.8 cm³/mol. The van der Waals surface area contributed by atoms with Crippen LogP contribution in [0.3, 0.4) is 0 Å². The van der Waals surface area contributed by atoms with Crippen molar-refractivity contribution >= 4 is 11.9 Å². The molecule has 6 nitrogen and oxygen atoms in total. The van der Waals surface area contributed by atoms with Gasteiger partial charge in [-0.05, 0) is 37.6 Å². The Bertz CT molecular complexity index is 484. The zero-order valence-corrected chi connectivity index (χ0v) is 13.2. The molecule has 0 heterocycles. The minimum absolute atomic E-state index is 0.373. The molecule has 2 N–H and O–H groups in total. The first-order chi connectivity index (χ1) is 10.5. The number of esters is 1. The number of carbonyl (C=O) groups is 2. The van der Waals surface area contributed by atoms with Crippen molar-refractivity contribution in [3.63, 3.8) is 0 Å². The highest BCUT2D eigenvalue weighted by atomic mass is 16.5. The monoisotopic (exact) mass is 309 g/mol. The molecule has 0 radical (unpaired) electrons. The molecule has 0 aromatic heterocycles. The molecular formula is C16H23NO5. The zero-order chi connectivity index (χ0) is 16.5. The average Bonchev–Trinajstić information content (AvgIpc) is 2.52. The summed E-state index contributed by atoms with van der Waals surface area (Å²) in [6, 6.07) is 5.50. The smallest absolute Gasteiger partial charge is 0.331 e. The van der Waals surface area contributed by atoms with Gasteiger partial charge in [-0.15, -0.1) is 0 Å². The summed E-state index contributed by atoms with van der Waals surface area (Å²) < 4.78 is 10.1. The van der Waals surface area contributed by atoms with Gasteiger partial charge < -0.3 is 19.9 Å². The third-order valence-electron chi connectivity index (χ3n) is 3.11. The molecule has 1 amide bonds. The van der Waals surface area contributed by atoms with E-state index in [9.17, 15) is 14.7 Å². The Kier molecular flexibility index (Phi) is 7.39. The van der Waals surface area contributed by atoms with Crippen molar-refractivity contribution in [1.82, 2.24) is 5.32 Å². The molecule has 2 atom stereocenters. The standard InChI is InChI=1S/C16H23NO5/c1-4-5-10-22-13-8-6-12(7-9-13)15(19)17-14(11(2)18)16(20)21-3/h6-9,11,14,18H,4-5,10H2,1-3H3,(H,17,19)/t11-,14+/m0/s1. The molecule has 22 heavy (non-hydrogen) atoms. The van der Waals surface area contributed by atoms with E-state index in [4.69, 9.17) is 4.74 Å². The Balaban J connectivity index is 2.66. The van der Waals surface area contributed by atoms with E-state index in [1.54, 1.807) is 24.3 Å². The topological polar surface area (TPSA) is 84.9 Å². The van der Waals surface area contributed by atoms with Crippen LogP contribution in [-0.4, -0.2) is 42.8 Å². The number of carbonyl (C=O) groups excluding carboxylic acids is 2. The van der Waals surface area contributed by atoms with Gasteiger partial charge in [-0.3, -0.25) is 4.79 Å². The van der Waals surface area contributed by atoms with Gasteiger partial charge in [0.05, 0.1) is 19.8 Å². The second-order valence-electron chi connectivity index (χ2n) is 4.94. The molecule has 0 bridgehead atoms. The number of hydrogen-bond acceptors (Lipinski definition) is 5. The molecule has 0 aliphatic heterocycles. The van der Waals surface area contributed by atoms with Crippen molar-refractivity contribution in [1.29, 1.82) is 0 Å². The van der Waals surface area contributed by atoms with E-state index in [2.05, 4.69) is 17.0 Å². The molecule has 0 saturated heterocycles. The summed E-state index contributed by atoms with van der Waals surface area (Å²) in [5.74, 6) is -0.468. The molecule has 0 unspecified atom stereocenters. The molecule has 1 aromatic rings. The van der Waals surface area contributed by atoms with E-state index in [0.717, 1.165) is 12.8 Å². The third kappa shape index (κ3) is 5.37. The lowest BCUT2D eigenvalue weighted by atomic mass is 10.1. The number of ether oxygens (including phenoxy) is 2. The minimum Gasteiger partial charge on any atom is -0.494 e. The first-order valence-corrected chi connectivity index (χ1v) is 7.29. The lowest BCUT2D eigenvalue weighted by molar-refractivity contribution is -0.145. The van der Waals surface area contributed by atoms with Crippen LogP contribution in [0.5, 0.6) is 5.75 Å². The van der Waals surface area contributed by atoms with Crippen molar-refractivity contribution in [3.8, 4) is 5.75 Å². The van der Waals surface area contributed by atoms with E-state index >= 15 is 0 Å². The highest BCUT2D eigenvalue weighted by Gasteiger charge is 2.26. The lowest BCUT2D eigenvalue weighted by Crippen LogP contribution is -2.48. The maximum atomic E-state index is 12.1. The van der Waals surface area contributed by atoms with Crippen molar-refractivity contribution < 1.29 is 24.2 Å². The summed E-state index contributed by atoms with van der Waals surface area (Å²) in [7, 11) is 1.20. The number of methoxy groups -OCH3 is 1.